The normalized spacial score (nSPS) is 12.3. The van der Waals surface area contributed by atoms with Crippen molar-refractivity contribution in [2.45, 2.75) is 155 Å². The lowest BCUT2D eigenvalue weighted by molar-refractivity contribution is -0.142. The maximum absolute atomic E-state index is 11.7. The van der Waals surface area contributed by atoms with Gasteiger partial charge in [-0.2, -0.15) is 0 Å². The predicted octanol–water partition coefficient (Wildman–Crippen LogP) is 9.52. The fraction of sp³-hybridized carbons (Fsp3) is 0.867. The van der Waals surface area contributed by atoms with Gasteiger partial charge in [0, 0.05) is 12.8 Å². The van der Waals surface area contributed by atoms with Crippen molar-refractivity contribution in [2.24, 2.45) is 5.92 Å². The van der Waals surface area contributed by atoms with E-state index in [2.05, 4.69) is 19.9 Å². The zero-order valence-corrected chi connectivity index (χ0v) is 22.3. The average molecular weight is 465 g/mol. The second-order valence-electron chi connectivity index (χ2n) is 9.84. The van der Waals surface area contributed by atoms with Crippen molar-refractivity contribution in [3.05, 3.63) is 12.2 Å². The number of allylic oxidation sites excluding steroid dienone is 1. The second kappa shape index (κ2) is 27.1. The maximum Gasteiger partial charge on any atom is 0.306 e. The highest BCUT2D eigenvalue weighted by molar-refractivity contribution is 5.69. The van der Waals surface area contributed by atoms with E-state index in [0.717, 1.165) is 32.0 Å². The highest BCUT2D eigenvalue weighted by Gasteiger charge is 2.08. The van der Waals surface area contributed by atoms with Crippen LogP contribution in [-0.4, -0.2) is 18.9 Å². The first-order valence-electron chi connectivity index (χ1n) is 14.5. The molecule has 1 unspecified atom stereocenters. The molecular weight excluding hydrogens is 408 g/mol. The minimum Gasteiger partial charge on any atom is -0.461 e. The number of rotatable bonds is 26. The summed E-state index contributed by atoms with van der Waals surface area (Å²) >= 11 is 0. The molecule has 0 spiro atoms. The molecule has 0 radical (unpaired) electrons. The number of esters is 1. The summed E-state index contributed by atoms with van der Waals surface area (Å²) in [6, 6.07) is 0. The fourth-order valence-corrected chi connectivity index (χ4v) is 4.39. The van der Waals surface area contributed by atoms with Crippen LogP contribution in [0.15, 0.2) is 12.2 Å². The van der Waals surface area contributed by atoms with E-state index in [0.29, 0.717) is 18.9 Å². The average Bonchev–Trinajstić information content (AvgIpc) is 2.81. The van der Waals surface area contributed by atoms with Gasteiger partial charge in [0.05, 0.1) is 0 Å². The summed E-state index contributed by atoms with van der Waals surface area (Å²) in [6.07, 6.45) is 31.6. The van der Waals surface area contributed by atoms with E-state index in [1.807, 2.05) is 6.08 Å². The van der Waals surface area contributed by atoms with E-state index in [1.165, 1.54) is 109 Å². The Labute approximate surface area is 206 Å². The molecule has 0 amide bonds. The van der Waals surface area contributed by atoms with Gasteiger partial charge in [-0.05, 0) is 18.8 Å². The highest BCUT2D eigenvalue weighted by Crippen LogP contribution is 2.21. The topological polar surface area (TPSA) is 43.4 Å². The third-order valence-electron chi connectivity index (χ3n) is 6.62. The standard InChI is InChI=1S/C30H56O3/c1-3-5-7-9-12-15-19-23-29(26-27-31)24-20-16-13-10-11-14-17-21-25-30(32)33-28-22-18-8-6-4-2/h18,22,27,29H,3-17,19-21,23-26,28H2,1-2H3. The third kappa shape index (κ3) is 25.3. The van der Waals surface area contributed by atoms with Crippen molar-refractivity contribution in [3.8, 4) is 0 Å². The molecule has 0 rings (SSSR count). The van der Waals surface area contributed by atoms with Gasteiger partial charge in [0.25, 0.3) is 0 Å². The molecule has 3 heteroatoms. The summed E-state index contributed by atoms with van der Waals surface area (Å²) in [7, 11) is 0. The van der Waals surface area contributed by atoms with E-state index >= 15 is 0 Å². The lowest BCUT2D eigenvalue weighted by Gasteiger charge is -2.14. The van der Waals surface area contributed by atoms with Crippen LogP contribution < -0.4 is 0 Å². The molecule has 0 saturated heterocycles. The zero-order valence-electron chi connectivity index (χ0n) is 22.3. The van der Waals surface area contributed by atoms with Gasteiger partial charge >= 0.3 is 5.97 Å². The number of carbonyl (C=O) groups excluding carboxylic acids is 2. The lowest BCUT2D eigenvalue weighted by atomic mass is 9.92. The maximum atomic E-state index is 11.7. The van der Waals surface area contributed by atoms with Crippen molar-refractivity contribution >= 4 is 12.3 Å². The van der Waals surface area contributed by atoms with Crippen LogP contribution in [0.25, 0.3) is 0 Å². The first kappa shape index (κ1) is 31.9. The number of hydrogen-bond acceptors (Lipinski definition) is 3. The SMILES string of the molecule is CCCCC=CCOC(=O)CCCCCCCCCCC(CC=O)CCCCCCCCC. The van der Waals surface area contributed by atoms with E-state index in [1.54, 1.807) is 0 Å². The Morgan fingerprint density at radius 1 is 0.667 bits per heavy atom. The van der Waals surface area contributed by atoms with Crippen molar-refractivity contribution < 1.29 is 14.3 Å². The van der Waals surface area contributed by atoms with Gasteiger partial charge in [0.1, 0.15) is 12.9 Å². The largest absolute Gasteiger partial charge is 0.461 e. The molecule has 0 heterocycles. The smallest absolute Gasteiger partial charge is 0.306 e. The van der Waals surface area contributed by atoms with Crippen LogP contribution in [-0.2, 0) is 14.3 Å². The molecule has 0 aliphatic carbocycles. The molecule has 0 aromatic rings. The van der Waals surface area contributed by atoms with Crippen LogP contribution in [0.3, 0.4) is 0 Å². The molecule has 194 valence electrons. The summed E-state index contributed by atoms with van der Waals surface area (Å²) in [5.41, 5.74) is 0. The summed E-state index contributed by atoms with van der Waals surface area (Å²) < 4.78 is 5.23. The molecule has 0 aliphatic heterocycles. The van der Waals surface area contributed by atoms with Crippen LogP contribution in [0.4, 0.5) is 0 Å². The summed E-state index contributed by atoms with van der Waals surface area (Å²) in [4.78, 5) is 22.7. The van der Waals surface area contributed by atoms with Crippen LogP contribution in [0.5, 0.6) is 0 Å². The Kier molecular flexibility index (Phi) is 26.2. The molecular formula is C30H56O3. The number of hydrogen-bond donors (Lipinski definition) is 0. The van der Waals surface area contributed by atoms with E-state index < -0.39 is 0 Å². The summed E-state index contributed by atoms with van der Waals surface area (Å²) in [5.74, 6) is 0.557. The predicted molar refractivity (Wildman–Crippen MR) is 143 cm³/mol. The van der Waals surface area contributed by atoms with Crippen LogP contribution >= 0.6 is 0 Å². The molecule has 0 aliphatic rings. The number of unbranched alkanes of at least 4 members (excludes halogenated alkanes) is 15. The number of aldehydes is 1. The Bertz CT molecular complexity index is 444. The first-order valence-corrected chi connectivity index (χ1v) is 14.5. The van der Waals surface area contributed by atoms with Gasteiger partial charge in [0.2, 0.25) is 0 Å². The third-order valence-corrected chi connectivity index (χ3v) is 6.62. The molecule has 0 bridgehead atoms. The van der Waals surface area contributed by atoms with E-state index in [4.69, 9.17) is 4.74 Å². The minimum absolute atomic E-state index is 0.0588. The van der Waals surface area contributed by atoms with Gasteiger partial charge in [-0.15, -0.1) is 0 Å². The van der Waals surface area contributed by atoms with Crippen LogP contribution in [0.1, 0.15) is 155 Å². The second-order valence-corrected chi connectivity index (χ2v) is 9.84. The highest BCUT2D eigenvalue weighted by atomic mass is 16.5. The van der Waals surface area contributed by atoms with Gasteiger partial charge < -0.3 is 9.53 Å². The summed E-state index contributed by atoms with van der Waals surface area (Å²) in [5, 5.41) is 0. The molecule has 1 atom stereocenters. The Morgan fingerprint density at radius 2 is 1.18 bits per heavy atom. The van der Waals surface area contributed by atoms with Crippen LogP contribution in [0, 0.1) is 5.92 Å². The molecule has 0 aromatic carbocycles. The fourth-order valence-electron chi connectivity index (χ4n) is 4.39. The molecule has 33 heavy (non-hydrogen) atoms. The van der Waals surface area contributed by atoms with Crippen molar-refractivity contribution in [1.29, 1.82) is 0 Å². The minimum atomic E-state index is -0.0588. The number of ether oxygens (including phenoxy) is 1. The molecule has 0 fully saturated rings. The van der Waals surface area contributed by atoms with E-state index in [-0.39, 0.29) is 5.97 Å². The Morgan fingerprint density at radius 3 is 1.73 bits per heavy atom. The molecule has 0 aromatic heterocycles. The van der Waals surface area contributed by atoms with Gasteiger partial charge in [-0.25, -0.2) is 0 Å². The zero-order chi connectivity index (χ0) is 24.2. The summed E-state index contributed by atoms with van der Waals surface area (Å²) in [6.45, 7) is 4.87. The molecule has 0 N–H and O–H groups in total. The molecule has 0 saturated carbocycles. The monoisotopic (exact) mass is 464 g/mol. The molecule has 3 nitrogen and oxygen atoms in total. The lowest BCUT2D eigenvalue weighted by Crippen LogP contribution is -2.04. The number of carbonyl (C=O) groups is 2. The van der Waals surface area contributed by atoms with Crippen molar-refractivity contribution in [1.82, 2.24) is 0 Å². The van der Waals surface area contributed by atoms with Gasteiger partial charge in [-0.1, -0.05) is 142 Å². The van der Waals surface area contributed by atoms with Crippen molar-refractivity contribution in [3.63, 3.8) is 0 Å². The quantitative estimate of drug-likeness (QED) is 0.0554. The first-order chi connectivity index (χ1) is 16.2. The van der Waals surface area contributed by atoms with Gasteiger partial charge in [-0.3, -0.25) is 4.79 Å². The van der Waals surface area contributed by atoms with Crippen LogP contribution in [0.2, 0.25) is 0 Å². The Hall–Kier alpha value is -1.12. The van der Waals surface area contributed by atoms with E-state index in [9.17, 15) is 9.59 Å². The Balaban J connectivity index is 3.48. The van der Waals surface area contributed by atoms with Gasteiger partial charge in [0.15, 0.2) is 0 Å². The van der Waals surface area contributed by atoms with Crippen molar-refractivity contribution in [2.75, 3.05) is 6.61 Å².